The van der Waals surface area contributed by atoms with Crippen LogP contribution in [0.5, 0.6) is 11.5 Å². The van der Waals surface area contributed by atoms with E-state index >= 15 is 0 Å². The Bertz CT molecular complexity index is 864. The number of amides is 2. The van der Waals surface area contributed by atoms with Gasteiger partial charge in [-0.15, -0.1) is 0 Å². The number of rotatable bonds is 5. The average molecular weight is 353 g/mol. The Labute approximate surface area is 150 Å². The van der Waals surface area contributed by atoms with Crippen molar-refractivity contribution < 1.29 is 19.4 Å². The summed E-state index contributed by atoms with van der Waals surface area (Å²) in [4.78, 5) is 25.8. The van der Waals surface area contributed by atoms with Crippen molar-refractivity contribution in [2.75, 3.05) is 18.6 Å². The van der Waals surface area contributed by atoms with Crippen molar-refractivity contribution in [2.45, 2.75) is 12.8 Å². The van der Waals surface area contributed by atoms with Gasteiger partial charge in [-0.25, -0.2) is 5.43 Å². The number of hydrogen-bond acceptors (Lipinski definition) is 5. The third kappa shape index (κ3) is 3.83. The molecule has 2 amide bonds. The lowest BCUT2D eigenvalue weighted by Crippen LogP contribution is -2.24. The zero-order chi connectivity index (χ0) is 18.5. The second kappa shape index (κ2) is 7.69. The number of carbonyl (C=O) groups is 2. The summed E-state index contributed by atoms with van der Waals surface area (Å²) in [5, 5.41) is 13.7. The van der Waals surface area contributed by atoms with Gasteiger partial charge in [-0.05, 0) is 42.8 Å². The van der Waals surface area contributed by atoms with E-state index in [1.54, 1.807) is 41.3 Å². The van der Waals surface area contributed by atoms with Gasteiger partial charge in [-0.1, -0.05) is 6.07 Å². The number of phenols is 1. The third-order valence-corrected chi connectivity index (χ3v) is 4.10. The average Bonchev–Trinajstić information content (AvgIpc) is 3.09. The van der Waals surface area contributed by atoms with E-state index in [9.17, 15) is 14.7 Å². The van der Waals surface area contributed by atoms with E-state index in [0.717, 1.165) is 6.42 Å². The Hall–Kier alpha value is -3.35. The van der Waals surface area contributed by atoms with E-state index < -0.39 is 5.91 Å². The SMILES string of the molecule is COc1ccc(O)c(/C=N\NC(=O)c2cccc(N3CCCC3=O)c2)c1. The second-order valence-corrected chi connectivity index (χ2v) is 5.82. The predicted molar refractivity (Wildman–Crippen MR) is 97.7 cm³/mol. The van der Waals surface area contributed by atoms with Crippen molar-refractivity contribution in [3.63, 3.8) is 0 Å². The summed E-state index contributed by atoms with van der Waals surface area (Å²) in [7, 11) is 1.52. The van der Waals surface area contributed by atoms with Crippen molar-refractivity contribution in [3.05, 3.63) is 53.6 Å². The molecule has 1 aliphatic rings. The van der Waals surface area contributed by atoms with Gasteiger partial charge in [-0.2, -0.15) is 5.10 Å². The van der Waals surface area contributed by atoms with Crippen molar-refractivity contribution in [3.8, 4) is 11.5 Å². The molecule has 26 heavy (non-hydrogen) atoms. The Morgan fingerprint density at radius 3 is 2.88 bits per heavy atom. The minimum absolute atomic E-state index is 0.0262. The van der Waals surface area contributed by atoms with Crippen LogP contribution in [-0.2, 0) is 4.79 Å². The van der Waals surface area contributed by atoms with Gasteiger partial charge in [0.05, 0.1) is 13.3 Å². The quantitative estimate of drug-likeness (QED) is 0.637. The van der Waals surface area contributed by atoms with E-state index in [4.69, 9.17) is 4.74 Å². The van der Waals surface area contributed by atoms with Gasteiger partial charge in [0.15, 0.2) is 0 Å². The largest absolute Gasteiger partial charge is 0.507 e. The third-order valence-electron chi connectivity index (χ3n) is 4.10. The molecule has 0 unspecified atom stereocenters. The van der Waals surface area contributed by atoms with Crippen LogP contribution < -0.4 is 15.1 Å². The molecule has 0 aliphatic carbocycles. The molecule has 0 aromatic heterocycles. The fraction of sp³-hybridized carbons (Fsp3) is 0.211. The predicted octanol–water partition coefficient (Wildman–Crippen LogP) is 2.29. The van der Waals surface area contributed by atoms with Crippen LogP contribution >= 0.6 is 0 Å². The Kier molecular flexibility index (Phi) is 5.17. The molecule has 1 heterocycles. The summed E-state index contributed by atoms with van der Waals surface area (Å²) in [6.07, 6.45) is 2.69. The number of hydrazone groups is 1. The molecule has 7 heteroatoms. The van der Waals surface area contributed by atoms with Gasteiger partial charge in [0.1, 0.15) is 11.5 Å². The smallest absolute Gasteiger partial charge is 0.271 e. The lowest BCUT2D eigenvalue weighted by Gasteiger charge is -2.16. The maximum atomic E-state index is 12.3. The minimum atomic E-state index is -0.405. The van der Waals surface area contributed by atoms with Gasteiger partial charge in [0.25, 0.3) is 5.91 Å². The number of nitrogens with one attached hydrogen (secondary N) is 1. The summed E-state index contributed by atoms with van der Waals surface area (Å²) in [5.41, 5.74) is 3.93. The van der Waals surface area contributed by atoms with Crippen LogP contribution in [0.4, 0.5) is 5.69 Å². The summed E-state index contributed by atoms with van der Waals surface area (Å²) >= 11 is 0. The van der Waals surface area contributed by atoms with Crippen molar-refractivity contribution >= 4 is 23.7 Å². The number of phenolic OH excluding ortho intramolecular Hbond substituents is 1. The first-order valence-electron chi connectivity index (χ1n) is 8.19. The van der Waals surface area contributed by atoms with Gasteiger partial charge in [0.2, 0.25) is 5.91 Å². The molecule has 2 aromatic carbocycles. The highest BCUT2D eigenvalue weighted by Gasteiger charge is 2.22. The highest BCUT2D eigenvalue weighted by molar-refractivity contribution is 5.99. The Morgan fingerprint density at radius 2 is 2.15 bits per heavy atom. The fourth-order valence-electron chi connectivity index (χ4n) is 2.72. The van der Waals surface area contributed by atoms with Gasteiger partial charge in [-0.3, -0.25) is 9.59 Å². The summed E-state index contributed by atoms with van der Waals surface area (Å²) in [6.45, 7) is 0.664. The maximum absolute atomic E-state index is 12.3. The van der Waals surface area contributed by atoms with Crippen LogP contribution in [-0.4, -0.2) is 36.8 Å². The maximum Gasteiger partial charge on any atom is 0.271 e. The van der Waals surface area contributed by atoms with Crippen LogP contribution in [0.1, 0.15) is 28.8 Å². The highest BCUT2D eigenvalue weighted by Crippen LogP contribution is 2.23. The zero-order valence-corrected chi connectivity index (χ0v) is 14.3. The first kappa shape index (κ1) is 17.5. The zero-order valence-electron chi connectivity index (χ0n) is 14.3. The first-order valence-corrected chi connectivity index (χ1v) is 8.19. The molecular formula is C19H19N3O4. The van der Waals surface area contributed by atoms with Gasteiger partial charge >= 0.3 is 0 Å². The van der Waals surface area contributed by atoms with E-state index in [-0.39, 0.29) is 11.7 Å². The van der Waals surface area contributed by atoms with Crippen molar-refractivity contribution in [1.82, 2.24) is 5.43 Å². The number of hydrogen-bond donors (Lipinski definition) is 2. The highest BCUT2D eigenvalue weighted by atomic mass is 16.5. The molecule has 0 bridgehead atoms. The number of benzene rings is 2. The Balaban J connectivity index is 1.70. The molecule has 1 aliphatic heterocycles. The number of methoxy groups -OCH3 is 1. The van der Waals surface area contributed by atoms with Crippen LogP contribution in [0, 0.1) is 0 Å². The number of anilines is 1. The number of carbonyl (C=O) groups excluding carboxylic acids is 2. The standard InChI is InChI=1S/C19H19N3O4/c1-26-16-7-8-17(23)14(11-16)12-20-21-19(25)13-4-2-5-15(10-13)22-9-3-6-18(22)24/h2,4-5,7-8,10-12,23H,3,6,9H2,1H3,(H,21,25)/b20-12-. The lowest BCUT2D eigenvalue weighted by molar-refractivity contribution is -0.117. The van der Waals surface area contributed by atoms with E-state index in [2.05, 4.69) is 10.5 Å². The molecular weight excluding hydrogens is 334 g/mol. The molecule has 2 N–H and O–H groups in total. The molecule has 0 spiro atoms. The lowest BCUT2D eigenvalue weighted by atomic mass is 10.2. The van der Waals surface area contributed by atoms with E-state index in [0.29, 0.717) is 35.5 Å². The molecule has 2 aromatic rings. The fourth-order valence-corrected chi connectivity index (χ4v) is 2.72. The molecule has 0 saturated carbocycles. The topological polar surface area (TPSA) is 91.2 Å². The molecule has 1 fully saturated rings. The van der Waals surface area contributed by atoms with Gasteiger partial charge in [0, 0.05) is 29.8 Å². The normalized spacial score (nSPS) is 14.0. The van der Waals surface area contributed by atoms with Crippen LogP contribution in [0.25, 0.3) is 0 Å². The minimum Gasteiger partial charge on any atom is -0.507 e. The number of ether oxygens (including phenoxy) is 1. The first-order chi connectivity index (χ1) is 12.6. The molecule has 7 nitrogen and oxygen atoms in total. The summed E-state index contributed by atoms with van der Waals surface area (Å²) in [6, 6.07) is 11.6. The van der Waals surface area contributed by atoms with E-state index in [1.807, 2.05) is 0 Å². The summed E-state index contributed by atoms with van der Waals surface area (Å²) < 4.78 is 5.08. The molecule has 1 saturated heterocycles. The molecule has 134 valence electrons. The number of nitrogens with zero attached hydrogens (tertiary/aromatic N) is 2. The van der Waals surface area contributed by atoms with Crippen LogP contribution in [0.15, 0.2) is 47.6 Å². The number of aromatic hydroxyl groups is 1. The van der Waals surface area contributed by atoms with Crippen LogP contribution in [0.2, 0.25) is 0 Å². The molecule has 3 rings (SSSR count). The summed E-state index contributed by atoms with van der Waals surface area (Å²) in [5.74, 6) is 0.253. The molecule has 0 atom stereocenters. The van der Waals surface area contributed by atoms with Crippen molar-refractivity contribution in [2.24, 2.45) is 5.10 Å². The Morgan fingerprint density at radius 1 is 1.31 bits per heavy atom. The van der Waals surface area contributed by atoms with E-state index in [1.165, 1.54) is 19.4 Å². The molecule has 0 radical (unpaired) electrons. The monoisotopic (exact) mass is 353 g/mol. The van der Waals surface area contributed by atoms with Crippen molar-refractivity contribution in [1.29, 1.82) is 0 Å². The van der Waals surface area contributed by atoms with Gasteiger partial charge < -0.3 is 14.7 Å². The van der Waals surface area contributed by atoms with Crippen LogP contribution in [0.3, 0.4) is 0 Å². The second-order valence-electron chi connectivity index (χ2n) is 5.82.